The Morgan fingerprint density at radius 1 is 1.24 bits per heavy atom. The Morgan fingerprint density at radius 3 is 2.29 bits per heavy atom. The van der Waals surface area contributed by atoms with Crippen molar-refractivity contribution in [2.24, 2.45) is 0 Å². The molecule has 0 spiro atoms. The van der Waals surface area contributed by atoms with Crippen molar-refractivity contribution in [2.45, 2.75) is 45.1 Å². The molecule has 0 aliphatic carbocycles. The molecular weight excluding hydrogens is 224 g/mol. The van der Waals surface area contributed by atoms with Crippen molar-refractivity contribution >= 4 is 11.9 Å². The number of ether oxygens (including phenoxy) is 1. The van der Waals surface area contributed by atoms with E-state index in [0.717, 1.165) is 0 Å². The van der Waals surface area contributed by atoms with E-state index < -0.39 is 11.9 Å². The lowest BCUT2D eigenvalue weighted by atomic mass is 9.99. The smallest absolute Gasteiger partial charge is 0.314 e. The minimum atomic E-state index is -0.529. The molecule has 0 atom stereocenters. The molecule has 17 heavy (non-hydrogen) atoms. The van der Waals surface area contributed by atoms with E-state index in [0.29, 0.717) is 5.82 Å². The molecule has 1 saturated heterocycles. The summed E-state index contributed by atoms with van der Waals surface area (Å²) in [5.41, 5.74) is -0.273. The Hall–Kier alpha value is -1.79. The van der Waals surface area contributed by atoms with Crippen LogP contribution in [0, 0.1) is 0 Å². The maximum absolute atomic E-state index is 11.1. The van der Waals surface area contributed by atoms with Crippen molar-refractivity contribution in [1.82, 2.24) is 20.2 Å². The average Bonchev–Trinajstić information content (AvgIpc) is 2.63. The third kappa shape index (κ3) is 2.48. The highest BCUT2D eigenvalue weighted by atomic mass is 16.6. The zero-order chi connectivity index (χ0) is 12.6. The Bertz CT molecular complexity index is 444. The molecule has 0 radical (unpaired) electrons. The Labute approximate surface area is 98.1 Å². The predicted molar refractivity (Wildman–Crippen MR) is 55.9 cm³/mol. The van der Waals surface area contributed by atoms with Crippen LogP contribution in [0.5, 0.6) is 0 Å². The lowest BCUT2D eigenvalue weighted by Crippen LogP contribution is -2.26. The van der Waals surface area contributed by atoms with Crippen molar-refractivity contribution in [3.05, 3.63) is 5.82 Å². The zero-order valence-corrected chi connectivity index (χ0v) is 10.0. The first kappa shape index (κ1) is 11.7. The van der Waals surface area contributed by atoms with Gasteiger partial charge in [-0.15, -0.1) is 10.2 Å². The van der Waals surface area contributed by atoms with Gasteiger partial charge in [-0.3, -0.25) is 9.59 Å². The van der Waals surface area contributed by atoms with E-state index in [1.165, 1.54) is 4.80 Å². The second-order valence-corrected chi connectivity index (χ2v) is 5.06. The highest BCUT2D eigenvalue weighted by Gasteiger charge is 2.32. The molecule has 0 unspecified atom stereocenters. The molecule has 2 rings (SSSR count). The summed E-state index contributed by atoms with van der Waals surface area (Å²) in [4.78, 5) is 23.7. The summed E-state index contributed by atoms with van der Waals surface area (Å²) >= 11 is 0. The van der Waals surface area contributed by atoms with E-state index in [1.807, 2.05) is 20.8 Å². The molecule has 0 N–H and O–H groups in total. The molecule has 0 bridgehead atoms. The molecule has 0 saturated carbocycles. The van der Waals surface area contributed by atoms with Crippen molar-refractivity contribution < 1.29 is 14.3 Å². The molecule has 1 aromatic heterocycles. The number of carbonyl (C=O) groups excluding carboxylic acids is 2. The normalized spacial score (nSPS) is 18.3. The van der Waals surface area contributed by atoms with Gasteiger partial charge >= 0.3 is 11.9 Å². The number of cyclic esters (lactones) is 2. The average molecular weight is 238 g/mol. The SMILES string of the molecule is CC(C)(C)n1nnc(C2CC(=O)OC(=O)C2)n1. The summed E-state index contributed by atoms with van der Waals surface area (Å²) in [5.74, 6) is -0.957. The van der Waals surface area contributed by atoms with Crippen molar-refractivity contribution in [3.63, 3.8) is 0 Å². The van der Waals surface area contributed by atoms with Gasteiger partial charge in [0.1, 0.15) is 0 Å². The lowest BCUT2D eigenvalue weighted by Gasteiger charge is -2.17. The van der Waals surface area contributed by atoms with Crippen molar-refractivity contribution in [3.8, 4) is 0 Å². The van der Waals surface area contributed by atoms with Gasteiger partial charge in [0, 0.05) is 5.92 Å². The maximum atomic E-state index is 11.1. The quantitative estimate of drug-likeness (QED) is 0.519. The fourth-order valence-corrected chi connectivity index (χ4v) is 1.54. The van der Waals surface area contributed by atoms with Crippen LogP contribution in [0.15, 0.2) is 0 Å². The van der Waals surface area contributed by atoms with E-state index >= 15 is 0 Å². The third-order valence-corrected chi connectivity index (χ3v) is 2.45. The van der Waals surface area contributed by atoms with Crippen LogP contribution in [-0.2, 0) is 19.9 Å². The van der Waals surface area contributed by atoms with Gasteiger partial charge < -0.3 is 4.74 Å². The molecular formula is C10H14N4O3. The predicted octanol–water partition coefficient (Wildman–Crippen LogP) is 0.375. The summed E-state index contributed by atoms with van der Waals surface area (Å²) in [6, 6.07) is 0. The summed E-state index contributed by atoms with van der Waals surface area (Å²) in [6.45, 7) is 5.83. The molecule has 1 fully saturated rings. The first-order valence-electron chi connectivity index (χ1n) is 5.40. The molecule has 1 aliphatic heterocycles. The Kier molecular flexibility index (Phi) is 2.68. The molecule has 0 amide bonds. The number of hydrogen-bond donors (Lipinski definition) is 0. The number of esters is 2. The van der Waals surface area contributed by atoms with Gasteiger partial charge in [0.25, 0.3) is 0 Å². The Balaban J connectivity index is 2.20. The van der Waals surface area contributed by atoms with Crippen LogP contribution in [0.3, 0.4) is 0 Å². The number of aromatic nitrogens is 4. The zero-order valence-electron chi connectivity index (χ0n) is 10.0. The second-order valence-electron chi connectivity index (χ2n) is 5.06. The summed E-state index contributed by atoms with van der Waals surface area (Å²) in [6.07, 6.45) is 0.253. The third-order valence-electron chi connectivity index (χ3n) is 2.45. The number of rotatable bonds is 1. The number of tetrazole rings is 1. The molecule has 1 aromatic rings. The molecule has 0 aromatic carbocycles. The number of nitrogens with zero attached hydrogens (tertiary/aromatic N) is 4. The van der Waals surface area contributed by atoms with Crippen LogP contribution >= 0.6 is 0 Å². The molecule has 1 aliphatic rings. The van der Waals surface area contributed by atoms with Gasteiger partial charge in [0.05, 0.1) is 18.4 Å². The van der Waals surface area contributed by atoms with Crippen LogP contribution in [0.25, 0.3) is 0 Å². The summed E-state index contributed by atoms with van der Waals surface area (Å²) in [7, 11) is 0. The number of carbonyl (C=O) groups is 2. The summed E-state index contributed by atoms with van der Waals surface area (Å²) in [5, 5.41) is 12.0. The van der Waals surface area contributed by atoms with Gasteiger partial charge in [-0.05, 0) is 26.0 Å². The van der Waals surface area contributed by atoms with Crippen LogP contribution in [0.2, 0.25) is 0 Å². The summed E-state index contributed by atoms with van der Waals surface area (Å²) < 4.78 is 4.45. The molecule has 7 heteroatoms. The molecule has 2 heterocycles. The van der Waals surface area contributed by atoms with Gasteiger partial charge in [-0.25, -0.2) is 0 Å². The van der Waals surface area contributed by atoms with Gasteiger partial charge in [0.15, 0.2) is 5.82 Å². The van der Waals surface area contributed by atoms with Crippen molar-refractivity contribution in [2.75, 3.05) is 0 Å². The monoisotopic (exact) mass is 238 g/mol. The first-order chi connectivity index (χ1) is 7.86. The van der Waals surface area contributed by atoms with E-state index in [9.17, 15) is 9.59 Å². The molecule has 92 valence electrons. The van der Waals surface area contributed by atoms with Crippen molar-refractivity contribution in [1.29, 1.82) is 0 Å². The molecule has 7 nitrogen and oxygen atoms in total. The van der Waals surface area contributed by atoms with Gasteiger partial charge in [-0.2, -0.15) is 4.80 Å². The highest BCUT2D eigenvalue weighted by molar-refractivity contribution is 5.89. The van der Waals surface area contributed by atoms with Crippen LogP contribution in [-0.4, -0.2) is 32.1 Å². The van der Waals surface area contributed by atoms with E-state index in [4.69, 9.17) is 0 Å². The highest BCUT2D eigenvalue weighted by Crippen LogP contribution is 2.25. The van der Waals surface area contributed by atoms with E-state index in [2.05, 4.69) is 20.1 Å². The first-order valence-corrected chi connectivity index (χ1v) is 5.40. The van der Waals surface area contributed by atoms with Gasteiger partial charge in [-0.1, -0.05) is 0 Å². The largest absolute Gasteiger partial charge is 0.393 e. The fraction of sp³-hybridized carbons (Fsp3) is 0.700. The number of hydrogen-bond acceptors (Lipinski definition) is 6. The second kappa shape index (κ2) is 3.90. The standard InChI is InChI=1S/C10H14N4O3/c1-10(2,3)14-12-9(11-13-14)6-4-7(15)17-8(16)5-6/h6H,4-5H2,1-3H3. The minimum Gasteiger partial charge on any atom is -0.393 e. The maximum Gasteiger partial charge on any atom is 0.314 e. The van der Waals surface area contributed by atoms with E-state index in [-0.39, 0.29) is 24.3 Å². The van der Waals surface area contributed by atoms with Gasteiger partial charge in [0.2, 0.25) is 0 Å². The minimum absolute atomic E-state index is 0.127. The van der Waals surface area contributed by atoms with E-state index in [1.54, 1.807) is 0 Å². The fourth-order valence-electron chi connectivity index (χ4n) is 1.54. The van der Waals surface area contributed by atoms with Crippen LogP contribution in [0.1, 0.15) is 45.4 Å². The van der Waals surface area contributed by atoms with Crippen LogP contribution < -0.4 is 0 Å². The lowest BCUT2D eigenvalue weighted by molar-refractivity contribution is -0.164. The van der Waals surface area contributed by atoms with Crippen LogP contribution in [0.4, 0.5) is 0 Å². The topological polar surface area (TPSA) is 87.0 Å². The Morgan fingerprint density at radius 2 is 1.82 bits per heavy atom.